The van der Waals surface area contributed by atoms with Gasteiger partial charge in [0.25, 0.3) is 0 Å². The number of nitrogens with one attached hydrogen (secondary N) is 1. The van der Waals surface area contributed by atoms with E-state index in [1.807, 2.05) is 35.7 Å². The van der Waals surface area contributed by atoms with Crippen LogP contribution in [0, 0.1) is 0 Å². The minimum absolute atomic E-state index is 0.311. The van der Waals surface area contributed by atoms with E-state index in [1.165, 1.54) is 0 Å². The molecule has 2 aromatic carbocycles. The molecule has 0 unspecified atom stereocenters. The summed E-state index contributed by atoms with van der Waals surface area (Å²) in [7, 11) is 0. The lowest BCUT2D eigenvalue weighted by Crippen LogP contribution is -1.99. The molecule has 18 heavy (non-hydrogen) atoms. The molecule has 0 aliphatic carbocycles. The summed E-state index contributed by atoms with van der Waals surface area (Å²) in [6.07, 6.45) is 1.80. The van der Waals surface area contributed by atoms with Gasteiger partial charge in [-0.3, -0.25) is 0 Å². The van der Waals surface area contributed by atoms with Crippen LogP contribution in [-0.4, -0.2) is 10.1 Å². The Kier molecular flexibility index (Phi) is 2.86. The van der Waals surface area contributed by atoms with E-state index in [0.717, 1.165) is 21.5 Å². The molecule has 90 valence electrons. The van der Waals surface area contributed by atoms with Crippen molar-refractivity contribution in [3.05, 3.63) is 53.0 Å². The molecule has 0 fully saturated rings. The summed E-state index contributed by atoms with van der Waals surface area (Å²) in [6.45, 7) is 0.701. The molecule has 3 rings (SSSR count). The molecule has 0 bridgehead atoms. The van der Waals surface area contributed by atoms with E-state index in [1.54, 1.807) is 23.6 Å². The largest absolute Gasteiger partial charge is 0.507 e. The molecule has 0 spiro atoms. The quantitative estimate of drug-likeness (QED) is 0.752. The maximum Gasteiger partial charge on any atom is 0.123 e. The number of benzene rings is 2. The van der Waals surface area contributed by atoms with Gasteiger partial charge in [-0.25, -0.2) is 4.98 Å². The van der Waals surface area contributed by atoms with Gasteiger partial charge in [-0.05, 0) is 12.1 Å². The van der Waals surface area contributed by atoms with Gasteiger partial charge in [-0.1, -0.05) is 24.3 Å². The van der Waals surface area contributed by atoms with E-state index in [0.29, 0.717) is 12.3 Å². The molecule has 0 saturated heterocycles. The molecular formula is C14H12N2OS. The normalized spacial score (nSPS) is 10.7. The van der Waals surface area contributed by atoms with Gasteiger partial charge in [0.1, 0.15) is 10.8 Å². The summed E-state index contributed by atoms with van der Waals surface area (Å²) in [5, 5.41) is 18.1. The lowest BCUT2D eigenvalue weighted by atomic mass is 10.1. The monoisotopic (exact) mass is 256 g/mol. The van der Waals surface area contributed by atoms with Crippen LogP contribution in [0.3, 0.4) is 0 Å². The predicted molar refractivity (Wildman–Crippen MR) is 75.1 cm³/mol. The van der Waals surface area contributed by atoms with Crippen LogP contribution in [0.5, 0.6) is 5.75 Å². The van der Waals surface area contributed by atoms with Crippen LogP contribution in [-0.2, 0) is 6.54 Å². The van der Waals surface area contributed by atoms with E-state index in [2.05, 4.69) is 10.3 Å². The predicted octanol–water partition coefficient (Wildman–Crippen LogP) is 3.61. The standard InChI is InChI=1S/C14H12N2OS/c17-13-6-2-3-10-11(13)4-1-5-12(10)16-9-14-15-7-8-18-14/h1-8,16-17H,9H2. The van der Waals surface area contributed by atoms with Gasteiger partial charge in [0.05, 0.1) is 6.54 Å². The second-order valence-electron chi connectivity index (χ2n) is 3.96. The maximum atomic E-state index is 9.81. The first-order valence-electron chi connectivity index (χ1n) is 5.67. The molecule has 4 heteroatoms. The van der Waals surface area contributed by atoms with Crippen molar-refractivity contribution in [3.8, 4) is 5.75 Å². The van der Waals surface area contributed by atoms with Crippen molar-refractivity contribution >= 4 is 27.8 Å². The average Bonchev–Trinajstić information content (AvgIpc) is 2.90. The molecule has 2 N–H and O–H groups in total. The van der Waals surface area contributed by atoms with Crippen molar-refractivity contribution in [1.29, 1.82) is 0 Å². The lowest BCUT2D eigenvalue weighted by molar-refractivity contribution is 0.481. The summed E-state index contributed by atoms with van der Waals surface area (Å²) in [5.41, 5.74) is 1.01. The molecule has 0 atom stereocenters. The number of nitrogens with zero attached hydrogens (tertiary/aromatic N) is 1. The molecule has 0 aliphatic rings. The van der Waals surface area contributed by atoms with Crippen LogP contribution in [0.2, 0.25) is 0 Å². The highest BCUT2D eigenvalue weighted by Crippen LogP contribution is 2.30. The van der Waals surface area contributed by atoms with Crippen LogP contribution >= 0.6 is 11.3 Å². The zero-order chi connectivity index (χ0) is 12.4. The van der Waals surface area contributed by atoms with E-state index < -0.39 is 0 Å². The number of phenols is 1. The fourth-order valence-electron chi connectivity index (χ4n) is 1.96. The number of thiazole rings is 1. The van der Waals surface area contributed by atoms with Crippen LogP contribution < -0.4 is 5.32 Å². The number of aromatic nitrogens is 1. The molecule has 0 aliphatic heterocycles. The van der Waals surface area contributed by atoms with Gasteiger partial charge in [0.15, 0.2) is 0 Å². The number of hydrogen-bond donors (Lipinski definition) is 2. The third-order valence-corrected chi connectivity index (χ3v) is 3.59. The van der Waals surface area contributed by atoms with E-state index in [9.17, 15) is 5.11 Å². The number of rotatable bonds is 3. The highest BCUT2D eigenvalue weighted by Gasteiger charge is 2.04. The molecule has 1 aromatic heterocycles. The van der Waals surface area contributed by atoms with Crippen molar-refractivity contribution < 1.29 is 5.11 Å². The summed E-state index contributed by atoms with van der Waals surface area (Å²) in [6, 6.07) is 11.4. The summed E-state index contributed by atoms with van der Waals surface area (Å²) >= 11 is 1.63. The van der Waals surface area contributed by atoms with Gasteiger partial charge in [0, 0.05) is 28.0 Å². The highest BCUT2D eigenvalue weighted by atomic mass is 32.1. The molecule has 0 radical (unpaired) electrons. The van der Waals surface area contributed by atoms with E-state index in [-0.39, 0.29) is 0 Å². The number of phenolic OH excluding ortho intramolecular Hbond substituents is 1. The number of anilines is 1. The van der Waals surface area contributed by atoms with Crippen LogP contribution in [0.4, 0.5) is 5.69 Å². The molecule has 1 heterocycles. The first-order valence-corrected chi connectivity index (χ1v) is 6.55. The van der Waals surface area contributed by atoms with Crippen LogP contribution in [0.1, 0.15) is 5.01 Å². The fraction of sp³-hybridized carbons (Fsp3) is 0.0714. The molecule has 3 aromatic rings. The number of fused-ring (bicyclic) bond motifs is 1. The van der Waals surface area contributed by atoms with Crippen molar-refractivity contribution in [2.45, 2.75) is 6.54 Å². The Morgan fingerprint density at radius 2 is 1.94 bits per heavy atom. The third kappa shape index (κ3) is 2.02. The highest BCUT2D eigenvalue weighted by molar-refractivity contribution is 7.09. The third-order valence-electron chi connectivity index (χ3n) is 2.81. The Morgan fingerprint density at radius 3 is 2.78 bits per heavy atom. The summed E-state index contributed by atoms with van der Waals surface area (Å²) < 4.78 is 0. The average molecular weight is 256 g/mol. The summed E-state index contributed by atoms with van der Waals surface area (Å²) in [5.74, 6) is 0.311. The molecule has 0 saturated carbocycles. The smallest absolute Gasteiger partial charge is 0.123 e. The van der Waals surface area contributed by atoms with Crippen molar-refractivity contribution in [2.75, 3.05) is 5.32 Å². The lowest BCUT2D eigenvalue weighted by Gasteiger charge is -2.09. The first-order chi connectivity index (χ1) is 8.84. The zero-order valence-electron chi connectivity index (χ0n) is 9.63. The van der Waals surface area contributed by atoms with Gasteiger partial charge >= 0.3 is 0 Å². The van der Waals surface area contributed by atoms with E-state index in [4.69, 9.17) is 0 Å². The Bertz CT molecular complexity index is 665. The molecule has 0 amide bonds. The Labute approximate surface area is 109 Å². The van der Waals surface area contributed by atoms with Crippen molar-refractivity contribution in [1.82, 2.24) is 4.98 Å². The van der Waals surface area contributed by atoms with Crippen molar-refractivity contribution in [3.63, 3.8) is 0 Å². The Balaban J connectivity index is 1.94. The molecular weight excluding hydrogens is 244 g/mol. The topological polar surface area (TPSA) is 45.1 Å². The van der Waals surface area contributed by atoms with Crippen molar-refractivity contribution in [2.24, 2.45) is 0 Å². The SMILES string of the molecule is Oc1cccc2c(NCc3nccs3)cccc12. The molecule has 3 nitrogen and oxygen atoms in total. The van der Waals surface area contributed by atoms with Gasteiger partial charge in [-0.15, -0.1) is 11.3 Å². The van der Waals surface area contributed by atoms with Crippen LogP contribution in [0.15, 0.2) is 48.0 Å². The second-order valence-corrected chi connectivity index (χ2v) is 4.94. The first kappa shape index (κ1) is 11.0. The number of hydrogen-bond acceptors (Lipinski definition) is 4. The maximum absolute atomic E-state index is 9.81. The second kappa shape index (κ2) is 4.66. The van der Waals surface area contributed by atoms with E-state index >= 15 is 0 Å². The van der Waals surface area contributed by atoms with Gasteiger partial charge in [0.2, 0.25) is 0 Å². The summed E-state index contributed by atoms with van der Waals surface area (Å²) in [4.78, 5) is 4.24. The minimum atomic E-state index is 0.311. The fourth-order valence-corrected chi connectivity index (χ4v) is 2.51. The van der Waals surface area contributed by atoms with Gasteiger partial charge < -0.3 is 10.4 Å². The number of aromatic hydroxyl groups is 1. The minimum Gasteiger partial charge on any atom is -0.507 e. The Hall–Kier alpha value is -2.07. The van der Waals surface area contributed by atoms with Gasteiger partial charge in [-0.2, -0.15) is 0 Å². The zero-order valence-corrected chi connectivity index (χ0v) is 10.4. The van der Waals surface area contributed by atoms with Crippen LogP contribution in [0.25, 0.3) is 10.8 Å². The Morgan fingerprint density at radius 1 is 1.11 bits per heavy atom.